The lowest BCUT2D eigenvalue weighted by Crippen LogP contribution is -2.20. The third-order valence-corrected chi connectivity index (χ3v) is 1.03. The van der Waals surface area contributed by atoms with Crippen LogP contribution in [0.4, 0.5) is 0 Å². The maximum absolute atomic E-state index is 10.7. The predicted molar refractivity (Wildman–Crippen MR) is 33.0 cm³/mol. The highest BCUT2D eigenvalue weighted by atomic mass is 16.1. The average Bonchev–Trinajstić information content (AvgIpc) is 2.40. The van der Waals surface area contributed by atoms with Gasteiger partial charge in [-0.25, -0.2) is 0 Å². The van der Waals surface area contributed by atoms with E-state index in [-0.39, 0.29) is 12.3 Å². The molecule has 0 bridgehead atoms. The molecule has 0 fully saturated rings. The average molecular weight is 139 g/mol. The molecule has 1 aromatic rings. The Morgan fingerprint density at radius 2 is 2.70 bits per heavy atom. The van der Waals surface area contributed by atoms with Crippen molar-refractivity contribution in [1.82, 2.24) is 20.5 Å². The second-order valence-corrected chi connectivity index (χ2v) is 1.73. The van der Waals surface area contributed by atoms with Gasteiger partial charge in [0.15, 0.2) is 6.33 Å². The molecule has 1 heterocycles. The second-order valence-electron chi connectivity index (χ2n) is 1.73. The summed E-state index contributed by atoms with van der Waals surface area (Å²) in [6, 6.07) is 0. The van der Waals surface area contributed by atoms with E-state index in [0.717, 1.165) is 0 Å². The number of amides is 1. The van der Waals surface area contributed by atoms with Gasteiger partial charge in [0, 0.05) is 7.05 Å². The van der Waals surface area contributed by atoms with Crippen LogP contribution in [-0.4, -0.2) is 28.1 Å². The van der Waals surface area contributed by atoms with E-state index in [1.807, 2.05) is 0 Å². The SMILES string of the molecule is CNC(=O)Cc1nn[c][nH]1. The summed E-state index contributed by atoms with van der Waals surface area (Å²) in [5.74, 6) is 0.435. The zero-order chi connectivity index (χ0) is 7.40. The molecule has 2 N–H and O–H groups in total. The predicted octanol–water partition coefficient (Wildman–Crippen LogP) is -1.11. The molecule has 0 aliphatic carbocycles. The Bertz CT molecular complexity index is 205. The fourth-order valence-corrected chi connectivity index (χ4v) is 0.520. The van der Waals surface area contributed by atoms with E-state index in [9.17, 15) is 4.79 Å². The summed E-state index contributed by atoms with van der Waals surface area (Å²) in [4.78, 5) is 13.3. The van der Waals surface area contributed by atoms with Gasteiger partial charge in [-0.1, -0.05) is 0 Å². The van der Waals surface area contributed by atoms with E-state index in [1.54, 1.807) is 7.05 Å². The Kier molecular flexibility index (Phi) is 1.99. The molecule has 1 radical (unpaired) electrons. The van der Waals surface area contributed by atoms with Crippen LogP contribution >= 0.6 is 0 Å². The summed E-state index contributed by atoms with van der Waals surface area (Å²) < 4.78 is 0. The summed E-state index contributed by atoms with van der Waals surface area (Å²) in [6.45, 7) is 0. The van der Waals surface area contributed by atoms with E-state index in [4.69, 9.17) is 0 Å². The van der Waals surface area contributed by atoms with Crippen molar-refractivity contribution in [2.24, 2.45) is 0 Å². The van der Waals surface area contributed by atoms with Crippen molar-refractivity contribution >= 4 is 5.91 Å². The van der Waals surface area contributed by atoms with Crippen molar-refractivity contribution in [3.8, 4) is 0 Å². The Labute approximate surface area is 57.9 Å². The lowest BCUT2D eigenvalue weighted by Gasteiger charge is -1.92. The number of aromatic amines is 1. The zero-order valence-electron chi connectivity index (χ0n) is 5.51. The topological polar surface area (TPSA) is 70.7 Å². The third-order valence-electron chi connectivity index (χ3n) is 1.03. The lowest BCUT2D eigenvalue weighted by molar-refractivity contribution is -0.120. The summed E-state index contributed by atoms with van der Waals surface area (Å²) >= 11 is 0. The highest BCUT2D eigenvalue weighted by Gasteiger charge is 2.01. The van der Waals surface area contributed by atoms with E-state index in [0.29, 0.717) is 5.82 Å². The highest BCUT2D eigenvalue weighted by Crippen LogP contribution is 1.84. The number of rotatable bonds is 2. The van der Waals surface area contributed by atoms with Crippen LogP contribution < -0.4 is 5.32 Å². The van der Waals surface area contributed by atoms with Gasteiger partial charge in [-0.2, -0.15) is 0 Å². The molecule has 0 saturated carbocycles. The molecule has 10 heavy (non-hydrogen) atoms. The van der Waals surface area contributed by atoms with Crippen LogP contribution in [-0.2, 0) is 11.2 Å². The quantitative estimate of drug-likeness (QED) is 0.546. The van der Waals surface area contributed by atoms with Crippen molar-refractivity contribution in [2.75, 3.05) is 7.05 Å². The first kappa shape index (κ1) is 6.73. The normalized spacial score (nSPS) is 9.30. The van der Waals surface area contributed by atoms with Crippen molar-refractivity contribution < 1.29 is 4.79 Å². The highest BCUT2D eigenvalue weighted by molar-refractivity contribution is 5.77. The number of hydrogen-bond acceptors (Lipinski definition) is 3. The number of H-pyrrole nitrogens is 1. The summed E-state index contributed by atoms with van der Waals surface area (Å²) in [5, 5.41) is 9.44. The molecule has 5 heteroatoms. The largest absolute Gasteiger partial charge is 0.359 e. The van der Waals surface area contributed by atoms with E-state index in [2.05, 4.69) is 26.8 Å². The van der Waals surface area contributed by atoms with Crippen LogP contribution in [0.25, 0.3) is 0 Å². The minimum atomic E-state index is -0.0925. The van der Waals surface area contributed by atoms with Gasteiger partial charge >= 0.3 is 0 Å². The van der Waals surface area contributed by atoms with Gasteiger partial charge in [-0.15, -0.1) is 10.2 Å². The Hall–Kier alpha value is -1.39. The molecule has 0 saturated heterocycles. The van der Waals surface area contributed by atoms with Gasteiger partial charge < -0.3 is 10.3 Å². The molecule has 0 atom stereocenters. The van der Waals surface area contributed by atoms with Gasteiger partial charge in [-0.3, -0.25) is 4.79 Å². The first-order valence-electron chi connectivity index (χ1n) is 2.81. The maximum atomic E-state index is 10.7. The molecule has 0 aliphatic rings. The molecule has 53 valence electrons. The molecular weight excluding hydrogens is 132 g/mol. The molecule has 0 unspecified atom stereocenters. The van der Waals surface area contributed by atoms with Crippen LogP contribution in [0.15, 0.2) is 0 Å². The monoisotopic (exact) mass is 139 g/mol. The van der Waals surface area contributed by atoms with Gasteiger partial charge in [0.25, 0.3) is 0 Å². The fraction of sp³-hybridized carbons (Fsp3) is 0.400. The fourth-order valence-electron chi connectivity index (χ4n) is 0.520. The van der Waals surface area contributed by atoms with Crippen LogP contribution in [0.5, 0.6) is 0 Å². The number of hydrogen-bond donors (Lipinski definition) is 2. The molecule has 1 aromatic heterocycles. The first-order chi connectivity index (χ1) is 4.83. The van der Waals surface area contributed by atoms with E-state index < -0.39 is 0 Å². The summed E-state index contributed by atoms with van der Waals surface area (Å²) in [7, 11) is 1.57. The molecule has 1 amide bonds. The minimum absolute atomic E-state index is 0.0925. The first-order valence-corrected chi connectivity index (χ1v) is 2.81. The number of carbonyl (C=O) groups is 1. The molecule has 5 nitrogen and oxygen atoms in total. The molecule has 0 aliphatic heterocycles. The van der Waals surface area contributed by atoms with Crippen molar-refractivity contribution in [2.45, 2.75) is 6.42 Å². The summed E-state index contributed by atoms with van der Waals surface area (Å²) in [5.41, 5.74) is 0. The second kappa shape index (κ2) is 2.95. The molecule has 1 rings (SSSR count). The number of nitrogens with zero attached hydrogens (tertiary/aromatic N) is 2. The maximum Gasteiger partial charge on any atom is 0.227 e. The van der Waals surface area contributed by atoms with E-state index in [1.165, 1.54) is 0 Å². The number of carbonyl (C=O) groups excluding carboxylic acids is 1. The number of aromatic nitrogens is 3. The number of likely N-dealkylation sites (N-methyl/N-ethyl adjacent to an activating group) is 1. The van der Waals surface area contributed by atoms with Crippen molar-refractivity contribution in [1.29, 1.82) is 0 Å². The Morgan fingerprint density at radius 1 is 1.90 bits per heavy atom. The minimum Gasteiger partial charge on any atom is -0.359 e. The number of nitrogens with one attached hydrogen (secondary N) is 2. The van der Waals surface area contributed by atoms with Gasteiger partial charge in [0.05, 0.1) is 6.42 Å². The van der Waals surface area contributed by atoms with Gasteiger partial charge in [-0.05, 0) is 0 Å². The van der Waals surface area contributed by atoms with Crippen LogP contribution in [0, 0.1) is 6.33 Å². The lowest BCUT2D eigenvalue weighted by atomic mass is 10.4. The van der Waals surface area contributed by atoms with E-state index >= 15 is 0 Å². The van der Waals surface area contributed by atoms with Crippen molar-refractivity contribution in [3.63, 3.8) is 0 Å². The van der Waals surface area contributed by atoms with Crippen molar-refractivity contribution in [3.05, 3.63) is 12.2 Å². The molecule has 0 spiro atoms. The smallest absolute Gasteiger partial charge is 0.227 e. The van der Waals surface area contributed by atoms with Crippen LogP contribution in [0.3, 0.4) is 0 Å². The Balaban J connectivity index is 2.48. The van der Waals surface area contributed by atoms with Gasteiger partial charge in [0.2, 0.25) is 5.91 Å². The van der Waals surface area contributed by atoms with Crippen LogP contribution in [0.2, 0.25) is 0 Å². The summed E-state index contributed by atoms with van der Waals surface area (Å²) in [6.07, 6.45) is 2.62. The third kappa shape index (κ3) is 1.54. The van der Waals surface area contributed by atoms with Gasteiger partial charge in [0.1, 0.15) is 5.82 Å². The van der Waals surface area contributed by atoms with Crippen LogP contribution in [0.1, 0.15) is 5.82 Å². The Morgan fingerprint density at radius 3 is 3.20 bits per heavy atom. The standard InChI is InChI=1S/C5H7N4O/c1-6-5(10)2-4-7-3-8-9-4/h2H2,1H3,(H,6,10)(H,7,8,9). The molecular formula is C5H7N4O. The zero-order valence-corrected chi connectivity index (χ0v) is 5.51. The molecule has 0 aromatic carbocycles.